The van der Waals surface area contributed by atoms with Crippen molar-refractivity contribution in [3.05, 3.63) is 0 Å². The molecule has 0 radical (unpaired) electrons. The number of carbonyl (C=O) groups excluding carboxylic acids is 1. The molecule has 0 spiro atoms. The lowest BCUT2D eigenvalue weighted by atomic mass is 9.99. The number of likely N-dealkylation sites (tertiary alicyclic amines) is 1. The summed E-state index contributed by atoms with van der Waals surface area (Å²) in [6.45, 7) is 2.96. The first-order valence-corrected chi connectivity index (χ1v) is 7.34. The predicted molar refractivity (Wildman–Crippen MR) is 73.5 cm³/mol. The highest BCUT2D eigenvalue weighted by Gasteiger charge is 2.25. The first kappa shape index (κ1) is 13.8. The molecule has 1 amide bonds. The Morgan fingerprint density at radius 3 is 2.50 bits per heavy atom. The number of hydrogen-bond donors (Lipinski definition) is 1. The first-order valence-electron chi connectivity index (χ1n) is 7.34. The van der Waals surface area contributed by atoms with Crippen LogP contribution in [0.3, 0.4) is 0 Å². The van der Waals surface area contributed by atoms with Gasteiger partial charge in [-0.1, -0.05) is 6.42 Å². The maximum Gasteiger partial charge on any atom is 0.224 e. The fourth-order valence-corrected chi connectivity index (χ4v) is 3.07. The van der Waals surface area contributed by atoms with Gasteiger partial charge < -0.3 is 15.1 Å². The third-order valence-electron chi connectivity index (χ3n) is 4.38. The van der Waals surface area contributed by atoms with Gasteiger partial charge in [0, 0.05) is 31.6 Å². The van der Waals surface area contributed by atoms with Gasteiger partial charge in [-0.3, -0.25) is 4.79 Å². The van der Waals surface area contributed by atoms with Gasteiger partial charge in [0.05, 0.1) is 0 Å². The van der Waals surface area contributed by atoms with Crippen LogP contribution in [0.1, 0.15) is 38.5 Å². The summed E-state index contributed by atoms with van der Waals surface area (Å²) in [5.41, 5.74) is 0. The van der Waals surface area contributed by atoms with E-state index >= 15 is 0 Å². The van der Waals surface area contributed by atoms with E-state index < -0.39 is 0 Å². The lowest BCUT2D eigenvalue weighted by Crippen LogP contribution is -2.46. The van der Waals surface area contributed by atoms with Crippen LogP contribution in [0, 0.1) is 0 Å². The van der Waals surface area contributed by atoms with Crippen molar-refractivity contribution < 1.29 is 4.79 Å². The zero-order valence-corrected chi connectivity index (χ0v) is 11.8. The highest BCUT2D eigenvalue weighted by molar-refractivity contribution is 5.77. The Hall–Kier alpha value is -0.610. The maximum atomic E-state index is 12.2. The van der Waals surface area contributed by atoms with Gasteiger partial charge in [-0.25, -0.2) is 0 Å². The Balaban J connectivity index is 1.73. The zero-order valence-electron chi connectivity index (χ0n) is 11.8. The summed E-state index contributed by atoms with van der Waals surface area (Å²) in [5, 5.41) is 3.46. The van der Waals surface area contributed by atoms with E-state index in [2.05, 4.69) is 29.2 Å². The van der Waals surface area contributed by atoms with E-state index in [0.29, 0.717) is 24.4 Å². The van der Waals surface area contributed by atoms with Crippen LogP contribution in [0.4, 0.5) is 0 Å². The highest BCUT2D eigenvalue weighted by Crippen LogP contribution is 2.17. The molecule has 1 atom stereocenters. The quantitative estimate of drug-likeness (QED) is 0.817. The molecule has 2 aliphatic rings. The summed E-state index contributed by atoms with van der Waals surface area (Å²) in [6.07, 6.45) is 6.65. The Bertz CT molecular complexity index is 266. The van der Waals surface area contributed by atoms with Gasteiger partial charge >= 0.3 is 0 Å². The third-order valence-corrected chi connectivity index (χ3v) is 4.38. The number of amides is 1. The molecule has 0 bridgehead atoms. The molecule has 1 unspecified atom stereocenters. The highest BCUT2D eigenvalue weighted by atomic mass is 16.2. The van der Waals surface area contributed by atoms with Crippen molar-refractivity contribution in [3.8, 4) is 0 Å². The van der Waals surface area contributed by atoms with Crippen molar-refractivity contribution >= 4 is 5.91 Å². The van der Waals surface area contributed by atoms with Gasteiger partial charge in [0.25, 0.3) is 0 Å². The first-order chi connectivity index (χ1) is 8.66. The number of hydrogen-bond acceptors (Lipinski definition) is 3. The lowest BCUT2D eigenvalue weighted by molar-refractivity contribution is -0.133. The molecular formula is C14H27N3O. The average Bonchev–Trinajstić information content (AvgIpc) is 2.40. The van der Waals surface area contributed by atoms with E-state index in [9.17, 15) is 4.79 Å². The summed E-state index contributed by atoms with van der Waals surface area (Å²) in [5.74, 6) is 0.353. The Labute approximate surface area is 111 Å². The molecule has 4 heteroatoms. The Morgan fingerprint density at radius 2 is 1.94 bits per heavy atom. The van der Waals surface area contributed by atoms with Crippen molar-refractivity contribution in [1.29, 1.82) is 0 Å². The minimum Gasteiger partial charge on any atom is -0.343 e. The fraction of sp³-hybridized carbons (Fsp3) is 0.929. The van der Waals surface area contributed by atoms with Crippen LogP contribution in [0.15, 0.2) is 0 Å². The van der Waals surface area contributed by atoms with Crippen molar-refractivity contribution in [3.63, 3.8) is 0 Å². The fourth-order valence-electron chi connectivity index (χ4n) is 3.07. The molecule has 0 aromatic carbocycles. The SMILES string of the molecule is CN(C)C1CCN(C(=O)CC2CCCCN2)CC1. The normalized spacial score (nSPS) is 26.6. The zero-order chi connectivity index (χ0) is 13.0. The Kier molecular flexibility index (Phi) is 5.01. The van der Waals surface area contributed by atoms with Crippen molar-refractivity contribution in [1.82, 2.24) is 15.1 Å². The second-order valence-electron chi connectivity index (χ2n) is 5.93. The summed E-state index contributed by atoms with van der Waals surface area (Å²) in [7, 11) is 4.27. The van der Waals surface area contributed by atoms with E-state index in [4.69, 9.17) is 0 Å². The number of rotatable bonds is 3. The predicted octanol–water partition coefficient (Wildman–Crippen LogP) is 1.07. The molecule has 2 rings (SSSR count). The van der Waals surface area contributed by atoms with Crippen molar-refractivity contribution in [2.24, 2.45) is 0 Å². The van der Waals surface area contributed by atoms with Crippen LogP contribution < -0.4 is 5.32 Å². The minimum atomic E-state index is 0.353. The molecule has 1 N–H and O–H groups in total. The molecule has 2 aliphatic heterocycles. The van der Waals surface area contributed by atoms with Gasteiger partial charge in [0.2, 0.25) is 5.91 Å². The number of nitrogens with zero attached hydrogens (tertiary/aromatic N) is 2. The molecule has 2 fully saturated rings. The monoisotopic (exact) mass is 253 g/mol. The second kappa shape index (κ2) is 6.53. The van der Waals surface area contributed by atoms with Crippen LogP contribution in [0.25, 0.3) is 0 Å². The molecule has 4 nitrogen and oxygen atoms in total. The number of carbonyl (C=O) groups is 1. The summed E-state index contributed by atoms with van der Waals surface area (Å²) in [4.78, 5) is 16.6. The third kappa shape index (κ3) is 3.69. The van der Waals surface area contributed by atoms with E-state index in [-0.39, 0.29) is 0 Å². The summed E-state index contributed by atoms with van der Waals surface area (Å²) >= 11 is 0. The van der Waals surface area contributed by atoms with Crippen LogP contribution >= 0.6 is 0 Å². The van der Waals surface area contributed by atoms with Gasteiger partial charge in [0.1, 0.15) is 0 Å². The van der Waals surface area contributed by atoms with Gasteiger partial charge in [-0.2, -0.15) is 0 Å². The molecule has 2 saturated heterocycles. The second-order valence-corrected chi connectivity index (χ2v) is 5.93. The molecule has 0 saturated carbocycles. The van der Waals surface area contributed by atoms with Gasteiger partial charge in [-0.05, 0) is 46.3 Å². The molecule has 0 aromatic heterocycles. The van der Waals surface area contributed by atoms with Crippen LogP contribution in [-0.4, -0.2) is 61.5 Å². The largest absolute Gasteiger partial charge is 0.343 e. The standard InChI is InChI=1S/C14H27N3O/c1-16(2)13-6-9-17(10-7-13)14(18)11-12-5-3-4-8-15-12/h12-13,15H,3-11H2,1-2H3. The van der Waals surface area contributed by atoms with E-state index in [0.717, 1.165) is 32.5 Å². The molecule has 0 aromatic rings. The topological polar surface area (TPSA) is 35.6 Å². The molecule has 0 aliphatic carbocycles. The lowest BCUT2D eigenvalue weighted by Gasteiger charge is -2.36. The van der Waals surface area contributed by atoms with Gasteiger partial charge in [0.15, 0.2) is 0 Å². The van der Waals surface area contributed by atoms with E-state index in [1.807, 2.05) is 0 Å². The van der Waals surface area contributed by atoms with Crippen molar-refractivity contribution in [2.45, 2.75) is 50.6 Å². The van der Waals surface area contributed by atoms with E-state index in [1.54, 1.807) is 0 Å². The minimum absolute atomic E-state index is 0.353. The summed E-state index contributed by atoms with van der Waals surface area (Å²) in [6, 6.07) is 1.08. The Morgan fingerprint density at radius 1 is 1.22 bits per heavy atom. The smallest absolute Gasteiger partial charge is 0.224 e. The number of piperidine rings is 2. The molecular weight excluding hydrogens is 226 g/mol. The van der Waals surface area contributed by atoms with Crippen LogP contribution in [0.2, 0.25) is 0 Å². The van der Waals surface area contributed by atoms with Crippen LogP contribution in [-0.2, 0) is 4.79 Å². The molecule has 104 valence electrons. The van der Waals surface area contributed by atoms with Crippen LogP contribution in [0.5, 0.6) is 0 Å². The van der Waals surface area contributed by atoms with Gasteiger partial charge in [-0.15, -0.1) is 0 Å². The van der Waals surface area contributed by atoms with E-state index in [1.165, 1.54) is 19.3 Å². The molecule has 18 heavy (non-hydrogen) atoms. The average molecular weight is 253 g/mol. The number of nitrogens with one attached hydrogen (secondary N) is 1. The summed E-state index contributed by atoms with van der Waals surface area (Å²) < 4.78 is 0. The molecule has 2 heterocycles. The van der Waals surface area contributed by atoms with Crippen molar-refractivity contribution in [2.75, 3.05) is 33.7 Å². The maximum absolute atomic E-state index is 12.2.